The standard InChI is InChI=1S/C13H19F2N/c1-3-5-13(16-4-2)8-10-6-11(14)9-12(15)7-10/h6-7,9,13,16H,3-5,8H2,1-2H3. The van der Waals surface area contributed by atoms with Gasteiger partial charge in [-0.2, -0.15) is 0 Å². The predicted octanol–water partition coefficient (Wildman–Crippen LogP) is 3.29. The average Bonchev–Trinajstić information content (AvgIpc) is 2.16. The lowest BCUT2D eigenvalue weighted by Crippen LogP contribution is -2.30. The summed E-state index contributed by atoms with van der Waals surface area (Å²) >= 11 is 0. The van der Waals surface area contributed by atoms with Crippen LogP contribution in [0.2, 0.25) is 0 Å². The van der Waals surface area contributed by atoms with E-state index in [9.17, 15) is 8.78 Å². The molecule has 16 heavy (non-hydrogen) atoms. The van der Waals surface area contributed by atoms with Crippen molar-refractivity contribution < 1.29 is 8.78 Å². The largest absolute Gasteiger partial charge is 0.314 e. The molecule has 3 heteroatoms. The molecule has 1 aromatic rings. The molecule has 0 amide bonds. The van der Waals surface area contributed by atoms with Gasteiger partial charge in [0.2, 0.25) is 0 Å². The van der Waals surface area contributed by atoms with Crippen LogP contribution >= 0.6 is 0 Å². The van der Waals surface area contributed by atoms with Gasteiger partial charge in [-0.15, -0.1) is 0 Å². The number of nitrogens with one attached hydrogen (secondary N) is 1. The first-order valence-corrected chi connectivity index (χ1v) is 5.84. The second-order valence-corrected chi connectivity index (χ2v) is 4.03. The minimum atomic E-state index is -0.498. The second kappa shape index (κ2) is 6.59. The highest BCUT2D eigenvalue weighted by Gasteiger charge is 2.09. The maximum Gasteiger partial charge on any atom is 0.126 e. The monoisotopic (exact) mass is 227 g/mol. The maximum absolute atomic E-state index is 13.0. The van der Waals surface area contributed by atoms with Crippen molar-refractivity contribution in [1.82, 2.24) is 5.32 Å². The maximum atomic E-state index is 13.0. The number of rotatable bonds is 6. The molecular formula is C13H19F2N. The molecule has 0 aromatic heterocycles. The summed E-state index contributed by atoms with van der Waals surface area (Å²) in [4.78, 5) is 0. The Bertz CT molecular complexity index is 299. The van der Waals surface area contributed by atoms with Crippen LogP contribution in [0.15, 0.2) is 18.2 Å². The molecule has 1 unspecified atom stereocenters. The van der Waals surface area contributed by atoms with Gasteiger partial charge >= 0.3 is 0 Å². The quantitative estimate of drug-likeness (QED) is 0.786. The zero-order valence-electron chi connectivity index (χ0n) is 9.89. The number of benzene rings is 1. The molecule has 0 radical (unpaired) electrons. The Morgan fingerprint density at radius 3 is 2.25 bits per heavy atom. The summed E-state index contributed by atoms with van der Waals surface area (Å²) in [5.41, 5.74) is 0.719. The van der Waals surface area contributed by atoms with Gasteiger partial charge in [-0.1, -0.05) is 20.3 Å². The minimum Gasteiger partial charge on any atom is -0.314 e. The van der Waals surface area contributed by atoms with Crippen LogP contribution in [0, 0.1) is 11.6 Å². The van der Waals surface area contributed by atoms with Gasteiger partial charge < -0.3 is 5.32 Å². The van der Waals surface area contributed by atoms with Crippen LogP contribution in [0.5, 0.6) is 0 Å². The Labute approximate surface area is 95.9 Å². The van der Waals surface area contributed by atoms with E-state index in [1.165, 1.54) is 12.1 Å². The minimum absolute atomic E-state index is 0.302. The molecule has 0 spiro atoms. The Hall–Kier alpha value is -0.960. The van der Waals surface area contributed by atoms with Crippen LogP contribution in [-0.4, -0.2) is 12.6 Å². The van der Waals surface area contributed by atoms with Crippen molar-refractivity contribution in [2.75, 3.05) is 6.54 Å². The SMILES string of the molecule is CCCC(Cc1cc(F)cc(F)c1)NCC. The topological polar surface area (TPSA) is 12.0 Å². The smallest absolute Gasteiger partial charge is 0.126 e. The molecule has 1 atom stereocenters. The van der Waals surface area contributed by atoms with Crippen molar-refractivity contribution in [3.63, 3.8) is 0 Å². The van der Waals surface area contributed by atoms with E-state index in [1.807, 2.05) is 6.92 Å². The van der Waals surface area contributed by atoms with E-state index in [0.717, 1.165) is 31.0 Å². The highest BCUT2D eigenvalue weighted by Crippen LogP contribution is 2.12. The average molecular weight is 227 g/mol. The molecule has 0 heterocycles. The molecule has 0 aliphatic carbocycles. The molecular weight excluding hydrogens is 208 g/mol. The number of hydrogen-bond donors (Lipinski definition) is 1. The zero-order valence-corrected chi connectivity index (χ0v) is 9.89. The lowest BCUT2D eigenvalue weighted by Gasteiger charge is -2.17. The van der Waals surface area contributed by atoms with Crippen molar-refractivity contribution in [3.8, 4) is 0 Å². The highest BCUT2D eigenvalue weighted by atomic mass is 19.1. The summed E-state index contributed by atoms with van der Waals surface area (Å²) in [6.07, 6.45) is 2.76. The van der Waals surface area contributed by atoms with Gasteiger partial charge in [-0.3, -0.25) is 0 Å². The lowest BCUT2D eigenvalue weighted by molar-refractivity contribution is 0.482. The van der Waals surface area contributed by atoms with Crippen molar-refractivity contribution in [1.29, 1.82) is 0 Å². The predicted molar refractivity (Wildman–Crippen MR) is 62.4 cm³/mol. The molecule has 0 saturated heterocycles. The van der Waals surface area contributed by atoms with Crippen LogP contribution in [0.4, 0.5) is 8.78 Å². The van der Waals surface area contributed by atoms with Gasteiger partial charge in [0.15, 0.2) is 0 Å². The van der Waals surface area contributed by atoms with Gasteiger partial charge in [-0.25, -0.2) is 8.78 Å². The fraction of sp³-hybridized carbons (Fsp3) is 0.538. The summed E-state index contributed by atoms with van der Waals surface area (Å²) in [5, 5.41) is 3.33. The first kappa shape index (κ1) is 13.1. The van der Waals surface area contributed by atoms with Crippen LogP contribution in [-0.2, 0) is 6.42 Å². The van der Waals surface area contributed by atoms with Crippen LogP contribution in [0.25, 0.3) is 0 Å². The summed E-state index contributed by atoms with van der Waals surface area (Å²) in [7, 11) is 0. The van der Waals surface area contributed by atoms with Gasteiger partial charge in [0.1, 0.15) is 11.6 Å². The van der Waals surface area contributed by atoms with Crippen molar-refractivity contribution in [2.45, 2.75) is 39.2 Å². The normalized spacial score (nSPS) is 12.8. The Morgan fingerprint density at radius 1 is 1.12 bits per heavy atom. The van der Waals surface area contributed by atoms with Crippen molar-refractivity contribution in [3.05, 3.63) is 35.4 Å². The molecule has 0 aliphatic heterocycles. The third-order valence-corrected chi connectivity index (χ3v) is 2.53. The van der Waals surface area contributed by atoms with E-state index in [4.69, 9.17) is 0 Å². The first-order valence-electron chi connectivity index (χ1n) is 5.84. The van der Waals surface area contributed by atoms with E-state index >= 15 is 0 Å². The number of likely N-dealkylation sites (N-methyl/N-ethyl adjacent to an activating group) is 1. The van der Waals surface area contributed by atoms with E-state index < -0.39 is 11.6 Å². The summed E-state index contributed by atoms with van der Waals surface area (Å²) < 4.78 is 26.0. The highest BCUT2D eigenvalue weighted by molar-refractivity contribution is 5.18. The van der Waals surface area contributed by atoms with E-state index in [-0.39, 0.29) is 0 Å². The third-order valence-electron chi connectivity index (χ3n) is 2.53. The van der Waals surface area contributed by atoms with Gasteiger partial charge in [0.25, 0.3) is 0 Å². The molecule has 1 rings (SSSR count). The zero-order chi connectivity index (χ0) is 12.0. The number of hydrogen-bond acceptors (Lipinski definition) is 1. The van der Waals surface area contributed by atoms with Gasteiger partial charge in [0.05, 0.1) is 0 Å². The molecule has 1 N–H and O–H groups in total. The Balaban J connectivity index is 2.68. The van der Waals surface area contributed by atoms with Crippen LogP contribution in [0.3, 0.4) is 0 Å². The number of halogens is 2. The Morgan fingerprint density at radius 2 is 1.75 bits per heavy atom. The summed E-state index contributed by atoms with van der Waals surface area (Å²) in [5.74, 6) is -0.997. The molecule has 0 bridgehead atoms. The fourth-order valence-electron chi connectivity index (χ4n) is 1.93. The third kappa shape index (κ3) is 4.27. The Kier molecular flexibility index (Phi) is 5.39. The van der Waals surface area contributed by atoms with Crippen molar-refractivity contribution in [2.24, 2.45) is 0 Å². The lowest BCUT2D eigenvalue weighted by atomic mass is 10.0. The van der Waals surface area contributed by atoms with Gasteiger partial charge in [-0.05, 0) is 37.1 Å². The molecule has 0 fully saturated rings. The summed E-state index contributed by atoms with van der Waals surface area (Å²) in [6, 6.07) is 4.02. The van der Waals surface area contributed by atoms with Crippen molar-refractivity contribution >= 4 is 0 Å². The van der Waals surface area contributed by atoms with Crippen LogP contribution < -0.4 is 5.32 Å². The molecule has 90 valence electrons. The summed E-state index contributed by atoms with van der Waals surface area (Å²) in [6.45, 7) is 5.02. The molecule has 1 aromatic carbocycles. The first-order chi connectivity index (χ1) is 7.65. The molecule has 1 nitrogen and oxygen atoms in total. The van der Waals surface area contributed by atoms with E-state index in [1.54, 1.807) is 0 Å². The van der Waals surface area contributed by atoms with E-state index in [2.05, 4.69) is 12.2 Å². The molecule has 0 aliphatic rings. The molecule has 0 saturated carbocycles. The second-order valence-electron chi connectivity index (χ2n) is 4.03. The van der Waals surface area contributed by atoms with Gasteiger partial charge in [0, 0.05) is 12.1 Å². The fourth-order valence-corrected chi connectivity index (χ4v) is 1.93. The van der Waals surface area contributed by atoms with Crippen LogP contribution in [0.1, 0.15) is 32.3 Å². The van der Waals surface area contributed by atoms with E-state index in [0.29, 0.717) is 12.5 Å².